The summed E-state index contributed by atoms with van der Waals surface area (Å²) in [4.78, 5) is 25.2. The summed E-state index contributed by atoms with van der Waals surface area (Å²) in [6.45, 7) is 2.23. The summed E-state index contributed by atoms with van der Waals surface area (Å²) in [6, 6.07) is 8.31. The summed E-state index contributed by atoms with van der Waals surface area (Å²) in [5.41, 5.74) is 1.51. The lowest BCUT2D eigenvalue weighted by Gasteiger charge is -2.32. The first kappa shape index (κ1) is 15.2. The number of aromatic nitrogens is 3. The number of ether oxygens (including phenoxy) is 1. The molecule has 1 aliphatic heterocycles. The maximum Gasteiger partial charge on any atom is 0.328 e. The molecule has 120 valence electrons. The average molecular weight is 316 g/mol. The SMILES string of the molecule is Cc1c(C(=O)N2CCOCC2C(=O)O)nnn1-c1ccccc1. The van der Waals surface area contributed by atoms with Crippen LogP contribution in [0.5, 0.6) is 0 Å². The van der Waals surface area contributed by atoms with Crippen molar-refractivity contribution in [2.24, 2.45) is 0 Å². The number of carbonyl (C=O) groups is 2. The Balaban J connectivity index is 1.91. The predicted molar refractivity (Wildman–Crippen MR) is 79.4 cm³/mol. The van der Waals surface area contributed by atoms with Crippen LogP contribution in [0.25, 0.3) is 5.69 Å². The number of rotatable bonds is 3. The average Bonchev–Trinajstić information content (AvgIpc) is 2.96. The highest BCUT2D eigenvalue weighted by Gasteiger charge is 2.35. The van der Waals surface area contributed by atoms with Crippen molar-refractivity contribution in [3.63, 3.8) is 0 Å². The zero-order chi connectivity index (χ0) is 16.4. The number of morpholine rings is 1. The van der Waals surface area contributed by atoms with Crippen molar-refractivity contribution < 1.29 is 19.4 Å². The molecule has 23 heavy (non-hydrogen) atoms. The standard InChI is InChI=1S/C15H16N4O4/c1-10-13(16-17-19(10)11-5-3-2-4-6-11)14(20)18-7-8-23-9-12(18)15(21)22/h2-6,12H,7-9H2,1H3,(H,21,22). The van der Waals surface area contributed by atoms with Crippen molar-refractivity contribution in [1.82, 2.24) is 19.9 Å². The summed E-state index contributed by atoms with van der Waals surface area (Å²) in [6.07, 6.45) is 0. The zero-order valence-corrected chi connectivity index (χ0v) is 12.5. The molecule has 1 N–H and O–H groups in total. The molecule has 0 spiro atoms. The van der Waals surface area contributed by atoms with Gasteiger partial charge >= 0.3 is 5.97 Å². The van der Waals surface area contributed by atoms with Crippen LogP contribution < -0.4 is 0 Å². The van der Waals surface area contributed by atoms with Crippen molar-refractivity contribution in [2.75, 3.05) is 19.8 Å². The Morgan fingerprint density at radius 3 is 2.74 bits per heavy atom. The summed E-state index contributed by atoms with van der Waals surface area (Å²) in [5, 5.41) is 17.2. The first-order valence-electron chi connectivity index (χ1n) is 7.19. The lowest BCUT2D eigenvalue weighted by molar-refractivity contribution is -0.147. The topological polar surface area (TPSA) is 97.6 Å². The van der Waals surface area contributed by atoms with Crippen molar-refractivity contribution in [1.29, 1.82) is 0 Å². The quantitative estimate of drug-likeness (QED) is 0.885. The molecule has 1 amide bonds. The summed E-state index contributed by atoms with van der Waals surface area (Å²) in [5.74, 6) is -1.54. The van der Waals surface area contributed by atoms with E-state index in [2.05, 4.69) is 10.3 Å². The molecule has 2 heterocycles. The fraction of sp³-hybridized carbons (Fsp3) is 0.333. The van der Waals surface area contributed by atoms with Crippen LogP contribution >= 0.6 is 0 Å². The molecule has 0 aliphatic carbocycles. The minimum absolute atomic E-state index is 0.0209. The number of carboxylic acids is 1. The smallest absolute Gasteiger partial charge is 0.328 e. The van der Waals surface area contributed by atoms with Crippen LogP contribution in [0.2, 0.25) is 0 Å². The third-order valence-electron chi connectivity index (χ3n) is 3.77. The summed E-state index contributed by atoms with van der Waals surface area (Å²) in [7, 11) is 0. The first-order chi connectivity index (χ1) is 11.1. The van der Waals surface area contributed by atoms with E-state index < -0.39 is 17.9 Å². The molecular weight excluding hydrogens is 300 g/mol. The van der Waals surface area contributed by atoms with E-state index >= 15 is 0 Å². The van der Waals surface area contributed by atoms with Crippen LogP contribution in [-0.4, -0.2) is 62.7 Å². The zero-order valence-electron chi connectivity index (χ0n) is 12.5. The van der Waals surface area contributed by atoms with E-state index in [1.807, 2.05) is 30.3 Å². The number of nitrogens with zero attached hydrogens (tertiary/aromatic N) is 4. The van der Waals surface area contributed by atoms with Crippen LogP contribution in [0.1, 0.15) is 16.2 Å². The Bertz CT molecular complexity index is 728. The molecule has 1 aromatic heterocycles. The Hall–Kier alpha value is -2.74. The minimum Gasteiger partial charge on any atom is -0.480 e. The highest BCUT2D eigenvalue weighted by Crippen LogP contribution is 2.16. The molecule has 1 aliphatic rings. The van der Waals surface area contributed by atoms with Crippen LogP contribution in [0.4, 0.5) is 0 Å². The fourth-order valence-corrected chi connectivity index (χ4v) is 2.53. The van der Waals surface area contributed by atoms with Crippen molar-refractivity contribution in [3.8, 4) is 5.69 Å². The van der Waals surface area contributed by atoms with Gasteiger partial charge in [0.1, 0.15) is 0 Å². The molecule has 1 atom stereocenters. The van der Waals surface area contributed by atoms with E-state index in [0.29, 0.717) is 12.3 Å². The Kier molecular flexibility index (Phi) is 4.07. The van der Waals surface area contributed by atoms with E-state index in [4.69, 9.17) is 4.74 Å². The highest BCUT2D eigenvalue weighted by atomic mass is 16.5. The van der Waals surface area contributed by atoms with Gasteiger partial charge in [-0.3, -0.25) is 4.79 Å². The maximum absolute atomic E-state index is 12.7. The van der Waals surface area contributed by atoms with Gasteiger partial charge in [-0.05, 0) is 19.1 Å². The number of para-hydroxylation sites is 1. The van der Waals surface area contributed by atoms with Gasteiger partial charge in [0.15, 0.2) is 11.7 Å². The fourth-order valence-electron chi connectivity index (χ4n) is 2.53. The third kappa shape index (κ3) is 2.80. The van der Waals surface area contributed by atoms with Gasteiger partial charge in [-0.25, -0.2) is 9.48 Å². The Morgan fingerprint density at radius 2 is 2.04 bits per heavy atom. The van der Waals surface area contributed by atoms with Crippen LogP contribution in [0, 0.1) is 6.92 Å². The molecular formula is C15H16N4O4. The highest BCUT2D eigenvalue weighted by molar-refractivity contribution is 5.96. The van der Waals surface area contributed by atoms with Crippen LogP contribution in [0.3, 0.4) is 0 Å². The second kappa shape index (κ2) is 6.17. The predicted octanol–water partition coefficient (Wildman–Crippen LogP) is 0.501. The van der Waals surface area contributed by atoms with E-state index in [9.17, 15) is 14.7 Å². The van der Waals surface area contributed by atoms with Crippen molar-refractivity contribution in [3.05, 3.63) is 41.7 Å². The lowest BCUT2D eigenvalue weighted by atomic mass is 10.2. The van der Waals surface area contributed by atoms with Gasteiger partial charge < -0.3 is 14.7 Å². The van der Waals surface area contributed by atoms with Gasteiger partial charge in [0.2, 0.25) is 0 Å². The molecule has 0 saturated carbocycles. The molecule has 8 nitrogen and oxygen atoms in total. The number of carboxylic acid groups (broad SMARTS) is 1. The van der Waals surface area contributed by atoms with Crippen LogP contribution in [-0.2, 0) is 9.53 Å². The lowest BCUT2D eigenvalue weighted by Crippen LogP contribution is -2.52. The van der Waals surface area contributed by atoms with Crippen molar-refractivity contribution in [2.45, 2.75) is 13.0 Å². The molecule has 1 fully saturated rings. The van der Waals surface area contributed by atoms with Crippen molar-refractivity contribution >= 4 is 11.9 Å². The van der Waals surface area contributed by atoms with E-state index in [1.165, 1.54) is 4.90 Å². The number of amides is 1. The Labute approximate surface area is 132 Å². The molecule has 1 aromatic carbocycles. The first-order valence-corrected chi connectivity index (χ1v) is 7.19. The number of aliphatic carboxylic acids is 1. The second-order valence-electron chi connectivity index (χ2n) is 5.20. The molecule has 0 bridgehead atoms. The molecule has 8 heteroatoms. The van der Waals surface area contributed by atoms with E-state index in [0.717, 1.165) is 5.69 Å². The second-order valence-corrected chi connectivity index (χ2v) is 5.20. The normalized spacial score (nSPS) is 18.0. The van der Waals surface area contributed by atoms with E-state index in [-0.39, 0.29) is 18.8 Å². The van der Waals surface area contributed by atoms with Gasteiger partial charge in [0, 0.05) is 6.54 Å². The molecule has 3 rings (SSSR count). The van der Waals surface area contributed by atoms with E-state index in [1.54, 1.807) is 11.6 Å². The number of hydrogen-bond acceptors (Lipinski definition) is 5. The van der Waals surface area contributed by atoms with Gasteiger partial charge in [-0.1, -0.05) is 23.4 Å². The van der Waals surface area contributed by atoms with Gasteiger partial charge in [0.25, 0.3) is 5.91 Å². The maximum atomic E-state index is 12.7. The monoisotopic (exact) mass is 316 g/mol. The van der Waals surface area contributed by atoms with Gasteiger partial charge in [-0.2, -0.15) is 0 Å². The number of benzene rings is 1. The molecule has 0 radical (unpaired) electrons. The molecule has 2 aromatic rings. The Morgan fingerprint density at radius 1 is 1.30 bits per heavy atom. The van der Waals surface area contributed by atoms with Gasteiger partial charge in [0.05, 0.1) is 24.6 Å². The largest absolute Gasteiger partial charge is 0.480 e. The molecule has 1 saturated heterocycles. The third-order valence-corrected chi connectivity index (χ3v) is 3.77. The summed E-state index contributed by atoms with van der Waals surface area (Å²) < 4.78 is 6.71. The summed E-state index contributed by atoms with van der Waals surface area (Å²) >= 11 is 0. The molecule has 1 unspecified atom stereocenters. The minimum atomic E-state index is -1.09. The number of carbonyl (C=O) groups excluding carboxylic acids is 1. The number of hydrogen-bond donors (Lipinski definition) is 1. The van der Waals surface area contributed by atoms with Gasteiger partial charge in [-0.15, -0.1) is 5.10 Å². The van der Waals surface area contributed by atoms with Crippen LogP contribution in [0.15, 0.2) is 30.3 Å².